The molecule has 0 bridgehead atoms. The van der Waals surface area contributed by atoms with Gasteiger partial charge in [0.2, 0.25) is 5.91 Å². The van der Waals surface area contributed by atoms with Gasteiger partial charge in [-0.15, -0.1) is 0 Å². The van der Waals surface area contributed by atoms with Crippen LogP contribution in [0.25, 0.3) is 0 Å². The van der Waals surface area contributed by atoms with Gasteiger partial charge in [-0.05, 0) is 49.0 Å². The van der Waals surface area contributed by atoms with Crippen molar-refractivity contribution in [2.75, 3.05) is 6.54 Å². The Morgan fingerprint density at radius 2 is 1.85 bits per heavy atom. The summed E-state index contributed by atoms with van der Waals surface area (Å²) in [4.78, 5) is 12.4. The minimum absolute atomic E-state index is 0.121. The van der Waals surface area contributed by atoms with Crippen molar-refractivity contribution >= 4 is 5.91 Å². The highest BCUT2D eigenvalue weighted by Crippen LogP contribution is 2.43. The van der Waals surface area contributed by atoms with Gasteiger partial charge in [0.25, 0.3) is 0 Å². The predicted octanol–water partition coefficient (Wildman–Crippen LogP) is 3.23. The van der Waals surface area contributed by atoms with Crippen molar-refractivity contribution in [3.05, 3.63) is 0 Å². The van der Waals surface area contributed by atoms with Crippen LogP contribution in [0.15, 0.2) is 0 Å². The largest absolute Gasteiger partial charge is 0.353 e. The Labute approximate surface area is 124 Å². The summed E-state index contributed by atoms with van der Waals surface area (Å²) in [6.07, 6.45) is 9.07. The highest BCUT2D eigenvalue weighted by Gasteiger charge is 2.39. The number of carbonyl (C=O) groups is 1. The monoisotopic (exact) mass is 280 g/mol. The lowest BCUT2D eigenvalue weighted by Gasteiger charge is -2.43. The molecule has 0 aliphatic heterocycles. The van der Waals surface area contributed by atoms with E-state index in [2.05, 4.69) is 26.1 Å². The number of nitrogens with two attached hydrogens (primary N) is 1. The molecule has 3 N–H and O–H groups in total. The maximum Gasteiger partial charge on any atom is 0.220 e. The highest BCUT2D eigenvalue weighted by atomic mass is 16.1. The van der Waals surface area contributed by atoms with Crippen LogP contribution >= 0.6 is 0 Å². The topological polar surface area (TPSA) is 55.1 Å². The molecule has 3 heteroatoms. The molecule has 0 radical (unpaired) electrons. The maximum absolute atomic E-state index is 12.4. The van der Waals surface area contributed by atoms with E-state index in [0.717, 1.165) is 19.3 Å². The van der Waals surface area contributed by atoms with Gasteiger partial charge < -0.3 is 11.1 Å². The van der Waals surface area contributed by atoms with Crippen LogP contribution in [0.2, 0.25) is 0 Å². The summed E-state index contributed by atoms with van der Waals surface area (Å²) in [5, 5.41) is 3.34. The van der Waals surface area contributed by atoms with Crippen molar-refractivity contribution in [2.24, 2.45) is 22.5 Å². The maximum atomic E-state index is 12.4. The van der Waals surface area contributed by atoms with Gasteiger partial charge in [-0.2, -0.15) is 0 Å². The van der Waals surface area contributed by atoms with E-state index in [1.165, 1.54) is 25.7 Å². The van der Waals surface area contributed by atoms with Crippen molar-refractivity contribution in [1.29, 1.82) is 0 Å². The normalized spacial score (nSPS) is 29.6. The van der Waals surface area contributed by atoms with Crippen LogP contribution < -0.4 is 11.1 Å². The van der Waals surface area contributed by atoms with Gasteiger partial charge >= 0.3 is 0 Å². The van der Waals surface area contributed by atoms with Crippen LogP contribution in [0, 0.1) is 16.7 Å². The fourth-order valence-electron chi connectivity index (χ4n) is 4.07. The fourth-order valence-corrected chi connectivity index (χ4v) is 4.07. The summed E-state index contributed by atoms with van der Waals surface area (Å²) in [5.74, 6) is 0.840. The first-order chi connectivity index (χ1) is 9.36. The third kappa shape index (κ3) is 3.55. The Hall–Kier alpha value is -0.570. The third-order valence-corrected chi connectivity index (χ3v) is 5.61. The van der Waals surface area contributed by atoms with E-state index in [4.69, 9.17) is 5.73 Å². The van der Waals surface area contributed by atoms with Crippen LogP contribution in [-0.4, -0.2) is 18.5 Å². The number of hydrogen-bond acceptors (Lipinski definition) is 2. The summed E-state index contributed by atoms with van der Waals surface area (Å²) < 4.78 is 0. The minimum Gasteiger partial charge on any atom is -0.353 e. The molecule has 2 unspecified atom stereocenters. The van der Waals surface area contributed by atoms with Crippen LogP contribution in [0.3, 0.4) is 0 Å². The molecule has 2 rings (SSSR count). The lowest BCUT2D eigenvalue weighted by atomic mass is 9.66. The molecular formula is C17H32N2O. The molecule has 0 spiro atoms. The van der Waals surface area contributed by atoms with Gasteiger partial charge in [0.1, 0.15) is 0 Å². The average Bonchev–Trinajstić information content (AvgIpc) is 2.33. The number of hydrogen-bond donors (Lipinski definition) is 2. The van der Waals surface area contributed by atoms with E-state index in [9.17, 15) is 4.79 Å². The van der Waals surface area contributed by atoms with Crippen LogP contribution in [0.4, 0.5) is 0 Å². The third-order valence-electron chi connectivity index (χ3n) is 5.61. The van der Waals surface area contributed by atoms with Gasteiger partial charge in [0.15, 0.2) is 0 Å². The van der Waals surface area contributed by atoms with E-state index < -0.39 is 0 Å². The Morgan fingerprint density at radius 3 is 2.35 bits per heavy atom. The van der Waals surface area contributed by atoms with Crippen molar-refractivity contribution in [2.45, 2.75) is 78.2 Å². The van der Waals surface area contributed by atoms with Gasteiger partial charge in [-0.3, -0.25) is 4.79 Å². The summed E-state index contributed by atoms with van der Waals surface area (Å²) in [5.41, 5.74) is 6.27. The van der Waals surface area contributed by atoms with Crippen molar-refractivity contribution in [3.8, 4) is 0 Å². The summed E-state index contributed by atoms with van der Waals surface area (Å²) in [6.45, 7) is 7.56. The average molecular weight is 280 g/mol. The van der Waals surface area contributed by atoms with Crippen LogP contribution in [0.1, 0.15) is 72.1 Å². The molecule has 0 aromatic carbocycles. The highest BCUT2D eigenvalue weighted by molar-refractivity contribution is 5.77. The zero-order chi connectivity index (χ0) is 14.8. The molecule has 0 aromatic rings. The SMILES string of the molecule is CC(C)(C)C1CCCCC1NC(=O)CC1(CN)CCC1. The van der Waals surface area contributed by atoms with Gasteiger partial charge in [0, 0.05) is 12.5 Å². The first-order valence-electron chi connectivity index (χ1n) is 8.36. The molecule has 20 heavy (non-hydrogen) atoms. The summed E-state index contributed by atoms with van der Waals surface area (Å²) in [6, 6.07) is 0.367. The zero-order valence-corrected chi connectivity index (χ0v) is 13.5. The Morgan fingerprint density at radius 1 is 1.20 bits per heavy atom. The molecule has 0 aromatic heterocycles. The number of rotatable bonds is 4. The van der Waals surface area contributed by atoms with Gasteiger partial charge in [0.05, 0.1) is 0 Å². The molecule has 2 atom stereocenters. The standard InChI is InChI=1S/C17H32N2O/c1-16(2,3)13-7-4-5-8-14(13)19-15(20)11-17(12-18)9-6-10-17/h13-14H,4-12,18H2,1-3H3,(H,19,20). The lowest BCUT2D eigenvalue weighted by Crippen LogP contribution is -2.49. The molecule has 2 saturated carbocycles. The number of amides is 1. The second kappa shape index (κ2) is 6.05. The lowest BCUT2D eigenvalue weighted by molar-refractivity contribution is -0.126. The van der Waals surface area contributed by atoms with E-state index >= 15 is 0 Å². The van der Waals surface area contributed by atoms with E-state index in [1.807, 2.05) is 0 Å². The Balaban J connectivity index is 1.91. The van der Waals surface area contributed by atoms with Crippen molar-refractivity contribution in [1.82, 2.24) is 5.32 Å². The Kier molecular flexibility index (Phi) is 4.78. The molecule has 2 fully saturated rings. The first kappa shape index (κ1) is 15.8. The molecule has 116 valence electrons. The zero-order valence-electron chi connectivity index (χ0n) is 13.5. The van der Waals surface area contributed by atoms with E-state index in [-0.39, 0.29) is 16.7 Å². The fraction of sp³-hybridized carbons (Fsp3) is 0.941. The van der Waals surface area contributed by atoms with E-state index in [1.54, 1.807) is 0 Å². The van der Waals surface area contributed by atoms with Crippen molar-refractivity contribution < 1.29 is 4.79 Å². The van der Waals surface area contributed by atoms with Gasteiger partial charge in [-0.25, -0.2) is 0 Å². The predicted molar refractivity (Wildman–Crippen MR) is 83.3 cm³/mol. The first-order valence-corrected chi connectivity index (χ1v) is 8.36. The van der Waals surface area contributed by atoms with E-state index in [0.29, 0.717) is 24.9 Å². The minimum atomic E-state index is 0.121. The Bertz CT molecular complexity index is 336. The quantitative estimate of drug-likeness (QED) is 0.830. The van der Waals surface area contributed by atoms with Crippen LogP contribution in [0.5, 0.6) is 0 Å². The van der Waals surface area contributed by atoms with Gasteiger partial charge in [-0.1, -0.05) is 40.0 Å². The molecule has 2 aliphatic rings. The summed E-state index contributed by atoms with van der Waals surface area (Å²) in [7, 11) is 0. The summed E-state index contributed by atoms with van der Waals surface area (Å²) >= 11 is 0. The molecule has 0 saturated heterocycles. The molecular weight excluding hydrogens is 248 g/mol. The van der Waals surface area contributed by atoms with Crippen molar-refractivity contribution in [3.63, 3.8) is 0 Å². The number of nitrogens with one attached hydrogen (secondary N) is 1. The molecule has 0 heterocycles. The van der Waals surface area contributed by atoms with Crippen LogP contribution in [-0.2, 0) is 4.79 Å². The molecule has 3 nitrogen and oxygen atoms in total. The smallest absolute Gasteiger partial charge is 0.220 e. The number of carbonyl (C=O) groups excluding carboxylic acids is 1. The molecule has 1 amide bonds. The molecule has 2 aliphatic carbocycles. The second-order valence-electron chi connectivity index (χ2n) is 8.17. The second-order valence-corrected chi connectivity index (χ2v) is 8.17.